The summed E-state index contributed by atoms with van der Waals surface area (Å²) in [5, 5.41) is 8.95. The largest absolute Gasteiger partial charge is 0.481 e. The van der Waals surface area contributed by atoms with Gasteiger partial charge >= 0.3 is 5.97 Å². The molecule has 0 saturated carbocycles. The van der Waals surface area contributed by atoms with Crippen molar-refractivity contribution in [2.45, 2.75) is 19.8 Å². The molecule has 1 saturated heterocycles. The van der Waals surface area contributed by atoms with Gasteiger partial charge in [0.25, 0.3) is 5.91 Å². The predicted molar refractivity (Wildman–Crippen MR) is 75.1 cm³/mol. The van der Waals surface area contributed by atoms with Gasteiger partial charge in [0.05, 0.1) is 11.5 Å². The minimum Gasteiger partial charge on any atom is -0.481 e. The van der Waals surface area contributed by atoms with Gasteiger partial charge < -0.3 is 10.0 Å². The Morgan fingerprint density at radius 2 is 1.95 bits per heavy atom. The number of carbonyl (C=O) groups excluding carboxylic acids is 1. The first-order valence-corrected chi connectivity index (χ1v) is 7.06. The van der Waals surface area contributed by atoms with Crippen LogP contribution >= 0.6 is 15.9 Å². The van der Waals surface area contributed by atoms with E-state index in [4.69, 9.17) is 5.11 Å². The number of hydrogen-bond donors (Lipinski definition) is 1. The van der Waals surface area contributed by atoms with Gasteiger partial charge in [0.1, 0.15) is 0 Å². The monoisotopic (exact) mass is 325 g/mol. The molecule has 1 aromatic carbocycles. The van der Waals surface area contributed by atoms with Crippen molar-refractivity contribution in [2.24, 2.45) is 5.92 Å². The lowest BCUT2D eigenvalue weighted by molar-refractivity contribution is -0.143. The van der Waals surface area contributed by atoms with E-state index in [1.54, 1.807) is 4.90 Å². The average Bonchev–Trinajstić information content (AvgIpc) is 2.41. The van der Waals surface area contributed by atoms with Crippen molar-refractivity contribution in [3.63, 3.8) is 0 Å². The summed E-state index contributed by atoms with van der Waals surface area (Å²) in [6.07, 6.45) is 1.06. The smallest absolute Gasteiger partial charge is 0.306 e. The third-order valence-electron chi connectivity index (χ3n) is 3.48. The van der Waals surface area contributed by atoms with E-state index < -0.39 is 5.97 Å². The van der Waals surface area contributed by atoms with Crippen LogP contribution < -0.4 is 0 Å². The van der Waals surface area contributed by atoms with E-state index in [1.165, 1.54) is 0 Å². The van der Waals surface area contributed by atoms with Crippen molar-refractivity contribution in [3.8, 4) is 0 Å². The zero-order valence-corrected chi connectivity index (χ0v) is 12.3. The number of amides is 1. The molecule has 2 rings (SSSR count). The molecular weight excluding hydrogens is 310 g/mol. The third-order valence-corrected chi connectivity index (χ3v) is 4.18. The summed E-state index contributed by atoms with van der Waals surface area (Å²) in [5.74, 6) is -1.10. The van der Waals surface area contributed by atoms with Crippen LogP contribution in [0.1, 0.15) is 28.8 Å². The second-order valence-corrected chi connectivity index (χ2v) is 5.74. The van der Waals surface area contributed by atoms with E-state index in [2.05, 4.69) is 15.9 Å². The van der Waals surface area contributed by atoms with Crippen LogP contribution in [0, 0.1) is 12.8 Å². The average molecular weight is 326 g/mol. The first-order valence-electron chi connectivity index (χ1n) is 6.27. The van der Waals surface area contributed by atoms with Crippen molar-refractivity contribution >= 4 is 27.8 Å². The molecule has 1 aliphatic heterocycles. The van der Waals surface area contributed by atoms with E-state index >= 15 is 0 Å². The van der Waals surface area contributed by atoms with Crippen molar-refractivity contribution in [3.05, 3.63) is 33.8 Å². The molecule has 1 heterocycles. The van der Waals surface area contributed by atoms with Gasteiger partial charge in [0.15, 0.2) is 0 Å². The molecule has 0 aromatic heterocycles. The number of likely N-dealkylation sites (tertiary alicyclic amines) is 1. The number of carbonyl (C=O) groups is 2. The lowest BCUT2D eigenvalue weighted by Gasteiger charge is -2.30. The highest BCUT2D eigenvalue weighted by molar-refractivity contribution is 9.10. The van der Waals surface area contributed by atoms with Crippen molar-refractivity contribution < 1.29 is 14.7 Å². The molecule has 4 nitrogen and oxygen atoms in total. The number of carboxylic acids is 1. The first-order chi connectivity index (χ1) is 8.99. The SMILES string of the molecule is Cc1ccc(Br)c(C(=O)N2CCC(C(=O)O)CC2)c1. The van der Waals surface area contributed by atoms with Crippen LogP contribution in [0.5, 0.6) is 0 Å². The summed E-state index contributed by atoms with van der Waals surface area (Å²) in [6, 6.07) is 5.67. The molecule has 0 unspecified atom stereocenters. The summed E-state index contributed by atoms with van der Waals surface area (Å²) in [4.78, 5) is 25.0. The highest BCUT2D eigenvalue weighted by Gasteiger charge is 2.28. The molecule has 0 atom stereocenters. The Bertz CT molecular complexity index is 507. The van der Waals surface area contributed by atoms with Crippen LogP contribution in [-0.4, -0.2) is 35.0 Å². The van der Waals surface area contributed by atoms with Gasteiger partial charge in [-0.3, -0.25) is 9.59 Å². The number of aryl methyl sites for hydroxylation is 1. The Labute approximate surface area is 120 Å². The molecule has 0 aliphatic carbocycles. The molecule has 5 heteroatoms. The predicted octanol–water partition coefficient (Wildman–Crippen LogP) is 2.69. The van der Waals surface area contributed by atoms with Crippen LogP contribution in [-0.2, 0) is 4.79 Å². The fourth-order valence-corrected chi connectivity index (χ4v) is 2.72. The second-order valence-electron chi connectivity index (χ2n) is 4.89. The van der Waals surface area contributed by atoms with Gasteiger partial charge in [-0.05, 0) is 47.8 Å². The highest BCUT2D eigenvalue weighted by Crippen LogP contribution is 2.23. The first kappa shape index (κ1) is 14.1. The normalized spacial score (nSPS) is 16.4. The Morgan fingerprint density at radius 3 is 2.53 bits per heavy atom. The van der Waals surface area contributed by atoms with Crippen molar-refractivity contribution in [1.29, 1.82) is 0 Å². The van der Waals surface area contributed by atoms with E-state index in [1.807, 2.05) is 25.1 Å². The number of halogens is 1. The maximum Gasteiger partial charge on any atom is 0.306 e. The zero-order chi connectivity index (χ0) is 14.0. The molecular formula is C14H16BrNO3. The van der Waals surface area contributed by atoms with Crippen LogP contribution in [0.15, 0.2) is 22.7 Å². The number of piperidine rings is 1. The van der Waals surface area contributed by atoms with Crippen molar-refractivity contribution in [2.75, 3.05) is 13.1 Å². The summed E-state index contributed by atoms with van der Waals surface area (Å²) in [6.45, 7) is 2.96. The van der Waals surface area contributed by atoms with Crippen LogP contribution in [0.25, 0.3) is 0 Å². The molecule has 1 N–H and O–H groups in total. The van der Waals surface area contributed by atoms with Crippen LogP contribution in [0.3, 0.4) is 0 Å². The lowest BCUT2D eigenvalue weighted by atomic mass is 9.96. The van der Waals surface area contributed by atoms with Crippen LogP contribution in [0.4, 0.5) is 0 Å². The quantitative estimate of drug-likeness (QED) is 0.909. The lowest BCUT2D eigenvalue weighted by Crippen LogP contribution is -2.40. The highest BCUT2D eigenvalue weighted by atomic mass is 79.9. The molecule has 1 aromatic rings. The summed E-state index contributed by atoms with van der Waals surface area (Å²) >= 11 is 3.39. The molecule has 19 heavy (non-hydrogen) atoms. The molecule has 1 amide bonds. The Hall–Kier alpha value is -1.36. The van der Waals surface area contributed by atoms with Gasteiger partial charge in [-0.1, -0.05) is 11.6 Å². The molecule has 1 aliphatic rings. The number of nitrogens with zero attached hydrogens (tertiary/aromatic N) is 1. The zero-order valence-electron chi connectivity index (χ0n) is 10.7. The van der Waals surface area contributed by atoms with Gasteiger partial charge in [0, 0.05) is 17.6 Å². The van der Waals surface area contributed by atoms with E-state index in [9.17, 15) is 9.59 Å². The van der Waals surface area contributed by atoms with Crippen LogP contribution in [0.2, 0.25) is 0 Å². The Kier molecular flexibility index (Phi) is 4.24. The minimum atomic E-state index is -0.760. The van der Waals surface area contributed by atoms with E-state index in [0.717, 1.165) is 10.0 Å². The minimum absolute atomic E-state index is 0.0283. The van der Waals surface area contributed by atoms with Gasteiger partial charge in [-0.15, -0.1) is 0 Å². The number of rotatable bonds is 2. The second kappa shape index (κ2) is 5.74. The van der Waals surface area contributed by atoms with Gasteiger partial charge in [-0.2, -0.15) is 0 Å². The van der Waals surface area contributed by atoms with Gasteiger partial charge in [-0.25, -0.2) is 0 Å². The number of hydrogen-bond acceptors (Lipinski definition) is 2. The number of carboxylic acid groups (broad SMARTS) is 1. The van der Waals surface area contributed by atoms with E-state index in [-0.39, 0.29) is 11.8 Å². The fourth-order valence-electron chi connectivity index (χ4n) is 2.30. The maximum atomic E-state index is 12.4. The third kappa shape index (κ3) is 3.15. The Morgan fingerprint density at radius 1 is 1.32 bits per heavy atom. The molecule has 102 valence electrons. The summed E-state index contributed by atoms with van der Waals surface area (Å²) < 4.78 is 0.781. The standard InChI is InChI=1S/C14H16BrNO3/c1-9-2-3-12(15)11(8-9)13(17)16-6-4-10(5-7-16)14(18)19/h2-3,8,10H,4-7H2,1H3,(H,18,19). The molecule has 0 radical (unpaired) electrons. The number of benzene rings is 1. The number of aliphatic carboxylic acids is 1. The van der Waals surface area contributed by atoms with Gasteiger partial charge in [0.2, 0.25) is 0 Å². The summed E-state index contributed by atoms with van der Waals surface area (Å²) in [7, 11) is 0. The molecule has 0 bridgehead atoms. The fraction of sp³-hybridized carbons (Fsp3) is 0.429. The maximum absolute atomic E-state index is 12.4. The van der Waals surface area contributed by atoms with Crippen molar-refractivity contribution in [1.82, 2.24) is 4.90 Å². The van der Waals surface area contributed by atoms with E-state index in [0.29, 0.717) is 31.5 Å². The molecule has 0 spiro atoms. The Balaban J connectivity index is 2.09. The summed E-state index contributed by atoms with van der Waals surface area (Å²) in [5.41, 5.74) is 1.68. The molecule has 1 fully saturated rings. The topological polar surface area (TPSA) is 57.6 Å².